The molecule has 0 fully saturated rings. The van der Waals surface area contributed by atoms with Crippen LogP contribution in [0.4, 0.5) is 5.82 Å². The molecule has 2 heterocycles. The van der Waals surface area contributed by atoms with Gasteiger partial charge in [0.2, 0.25) is 0 Å². The van der Waals surface area contributed by atoms with E-state index in [4.69, 9.17) is 5.73 Å². The molecule has 2 rings (SSSR count). The van der Waals surface area contributed by atoms with Crippen LogP contribution in [0.1, 0.15) is 12.5 Å². The Morgan fingerprint density at radius 3 is 3.00 bits per heavy atom. The topological polar surface area (TPSA) is 83.4 Å². The molecule has 0 aromatic carbocycles. The molecular weight excluding hydrogens is 166 g/mol. The third-order valence-electron chi connectivity index (χ3n) is 2.04. The molecule has 0 aliphatic heterocycles. The number of hydrogen-bond acceptors (Lipinski definition) is 3. The fourth-order valence-corrected chi connectivity index (χ4v) is 1.36. The summed E-state index contributed by atoms with van der Waals surface area (Å²) in [6.45, 7) is 2.05. The van der Waals surface area contributed by atoms with Crippen molar-refractivity contribution in [1.82, 2.24) is 20.4 Å². The SMILES string of the molecule is CCc1c(N)n[nH]c1-c1cn[nH]c1. The van der Waals surface area contributed by atoms with Gasteiger partial charge >= 0.3 is 0 Å². The molecule has 0 saturated carbocycles. The minimum Gasteiger partial charge on any atom is -0.382 e. The number of aromatic amines is 2. The lowest BCUT2D eigenvalue weighted by Gasteiger charge is -1.96. The zero-order valence-electron chi connectivity index (χ0n) is 7.33. The molecule has 0 bridgehead atoms. The van der Waals surface area contributed by atoms with Gasteiger partial charge in [-0.1, -0.05) is 6.92 Å². The van der Waals surface area contributed by atoms with Crippen LogP contribution < -0.4 is 5.73 Å². The van der Waals surface area contributed by atoms with Crippen molar-refractivity contribution in [2.75, 3.05) is 5.73 Å². The number of nitrogens with two attached hydrogens (primary N) is 1. The minimum absolute atomic E-state index is 0.568. The van der Waals surface area contributed by atoms with Crippen LogP contribution in [0.2, 0.25) is 0 Å². The molecule has 5 heteroatoms. The van der Waals surface area contributed by atoms with E-state index in [2.05, 4.69) is 20.4 Å². The fourth-order valence-electron chi connectivity index (χ4n) is 1.36. The van der Waals surface area contributed by atoms with Crippen molar-refractivity contribution in [3.8, 4) is 11.3 Å². The molecule has 2 aromatic heterocycles. The summed E-state index contributed by atoms with van der Waals surface area (Å²) in [7, 11) is 0. The van der Waals surface area contributed by atoms with E-state index in [-0.39, 0.29) is 0 Å². The van der Waals surface area contributed by atoms with Gasteiger partial charge in [0, 0.05) is 17.3 Å². The average Bonchev–Trinajstić information content (AvgIpc) is 2.71. The Labute approximate surface area is 75.4 Å². The Morgan fingerprint density at radius 2 is 2.38 bits per heavy atom. The van der Waals surface area contributed by atoms with Crippen molar-refractivity contribution in [3.05, 3.63) is 18.0 Å². The Hall–Kier alpha value is -1.78. The molecule has 0 unspecified atom stereocenters. The van der Waals surface area contributed by atoms with E-state index in [0.717, 1.165) is 23.2 Å². The molecule has 0 saturated heterocycles. The largest absolute Gasteiger partial charge is 0.382 e. The van der Waals surface area contributed by atoms with Crippen LogP contribution in [0.5, 0.6) is 0 Å². The van der Waals surface area contributed by atoms with Crippen LogP contribution in [0.15, 0.2) is 12.4 Å². The molecule has 0 radical (unpaired) electrons. The highest BCUT2D eigenvalue weighted by Crippen LogP contribution is 2.24. The van der Waals surface area contributed by atoms with Gasteiger partial charge < -0.3 is 5.73 Å². The number of H-pyrrole nitrogens is 2. The number of nitrogens with zero attached hydrogens (tertiary/aromatic N) is 2. The van der Waals surface area contributed by atoms with Crippen LogP contribution >= 0.6 is 0 Å². The number of nitrogens with one attached hydrogen (secondary N) is 2. The van der Waals surface area contributed by atoms with Gasteiger partial charge in [-0.2, -0.15) is 10.2 Å². The zero-order chi connectivity index (χ0) is 9.26. The summed E-state index contributed by atoms with van der Waals surface area (Å²) in [5.41, 5.74) is 8.67. The molecule has 13 heavy (non-hydrogen) atoms. The van der Waals surface area contributed by atoms with Crippen LogP contribution in [-0.2, 0) is 6.42 Å². The third kappa shape index (κ3) is 1.18. The predicted molar refractivity (Wildman–Crippen MR) is 50.0 cm³/mol. The van der Waals surface area contributed by atoms with E-state index in [1.807, 2.05) is 13.1 Å². The van der Waals surface area contributed by atoms with Gasteiger partial charge in [0.15, 0.2) is 0 Å². The van der Waals surface area contributed by atoms with E-state index in [0.29, 0.717) is 5.82 Å². The molecule has 5 nitrogen and oxygen atoms in total. The zero-order valence-corrected chi connectivity index (χ0v) is 7.33. The number of nitrogen functional groups attached to an aromatic ring is 1. The van der Waals surface area contributed by atoms with Gasteiger partial charge in [0.25, 0.3) is 0 Å². The molecule has 0 aliphatic carbocycles. The van der Waals surface area contributed by atoms with Crippen molar-refractivity contribution in [2.24, 2.45) is 0 Å². The van der Waals surface area contributed by atoms with Crippen molar-refractivity contribution in [1.29, 1.82) is 0 Å². The number of hydrogen-bond donors (Lipinski definition) is 3. The number of anilines is 1. The van der Waals surface area contributed by atoms with Gasteiger partial charge in [-0.05, 0) is 6.42 Å². The monoisotopic (exact) mass is 177 g/mol. The highest BCUT2D eigenvalue weighted by Gasteiger charge is 2.10. The first-order chi connectivity index (χ1) is 6.33. The molecule has 2 aromatic rings. The summed E-state index contributed by atoms with van der Waals surface area (Å²) in [4.78, 5) is 0. The van der Waals surface area contributed by atoms with E-state index in [9.17, 15) is 0 Å². The lowest BCUT2D eigenvalue weighted by atomic mass is 10.1. The van der Waals surface area contributed by atoms with Crippen LogP contribution in [0.3, 0.4) is 0 Å². The van der Waals surface area contributed by atoms with Gasteiger partial charge in [0.05, 0.1) is 11.9 Å². The summed E-state index contributed by atoms with van der Waals surface area (Å²) in [6.07, 6.45) is 4.42. The van der Waals surface area contributed by atoms with Gasteiger partial charge in [-0.15, -0.1) is 0 Å². The van der Waals surface area contributed by atoms with Crippen LogP contribution in [0.25, 0.3) is 11.3 Å². The maximum atomic E-state index is 5.69. The molecule has 0 aliphatic rings. The quantitative estimate of drug-likeness (QED) is 0.638. The third-order valence-corrected chi connectivity index (χ3v) is 2.04. The summed E-state index contributed by atoms with van der Waals surface area (Å²) in [5, 5.41) is 13.5. The highest BCUT2D eigenvalue weighted by molar-refractivity contribution is 5.66. The second kappa shape index (κ2) is 2.93. The van der Waals surface area contributed by atoms with E-state index in [1.165, 1.54) is 0 Å². The lowest BCUT2D eigenvalue weighted by molar-refractivity contribution is 1.09. The van der Waals surface area contributed by atoms with Crippen LogP contribution in [0, 0.1) is 0 Å². The van der Waals surface area contributed by atoms with Crippen LogP contribution in [-0.4, -0.2) is 20.4 Å². The molecule has 68 valence electrons. The van der Waals surface area contributed by atoms with E-state index >= 15 is 0 Å². The normalized spacial score (nSPS) is 10.5. The van der Waals surface area contributed by atoms with Crippen molar-refractivity contribution in [2.45, 2.75) is 13.3 Å². The molecular formula is C8H11N5. The van der Waals surface area contributed by atoms with E-state index in [1.54, 1.807) is 6.20 Å². The summed E-state index contributed by atoms with van der Waals surface area (Å²) in [6, 6.07) is 0. The predicted octanol–water partition coefficient (Wildman–Crippen LogP) is 0.944. The maximum Gasteiger partial charge on any atom is 0.149 e. The molecule has 0 spiro atoms. The number of aromatic nitrogens is 4. The summed E-state index contributed by atoms with van der Waals surface area (Å²) < 4.78 is 0. The standard InChI is InChI=1S/C8H11N5/c1-2-6-7(12-13-8(6)9)5-3-10-11-4-5/h3-4H,2H2,1H3,(H,10,11)(H3,9,12,13). The highest BCUT2D eigenvalue weighted by atomic mass is 15.2. The van der Waals surface area contributed by atoms with Gasteiger partial charge in [-0.25, -0.2) is 0 Å². The first-order valence-corrected chi connectivity index (χ1v) is 4.14. The van der Waals surface area contributed by atoms with E-state index < -0.39 is 0 Å². The Bertz CT molecular complexity index is 387. The first kappa shape index (κ1) is 7.85. The molecule has 0 atom stereocenters. The molecule has 0 amide bonds. The summed E-state index contributed by atoms with van der Waals surface area (Å²) >= 11 is 0. The second-order valence-electron chi connectivity index (χ2n) is 2.80. The summed E-state index contributed by atoms with van der Waals surface area (Å²) in [5.74, 6) is 0.568. The fraction of sp³-hybridized carbons (Fsp3) is 0.250. The first-order valence-electron chi connectivity index (χ1n) is 4.14. The Kier molecular flexibility index (Phi) is 1.77. The van der Waals surface area contributed by atoms with Crippen molar-refractivity contribution in [3.63, 3.8) is 0 Å². The Balaban J connectivity index is 2.52. The van der Waals surface area contributed by atoms with Crippen molar-refractivity contribution < 1.29 is 0 Å². The smallest absolute Gasteiger partial charge is 0.149 e. The minimum atomic E-state index is 0.568. The second-order valence-corrected chi connectivity index (χ2v) is 2.80. The lowest BCUT2D eigenvalue weighted by Crippen LogP contribution is -1.90. The maximum absolute atomic E-state index is 5.69. The number of rotatable bonds is 2. The average molecular weight is 177 g/mol. The van der Waals surface area contributed by atoms with Gasteiger partial charge in [0.1, 0.15) is 5.82 Å². The Morgan fingerprint density at radius 1 is 1.54 bits per heavy atom. The van der Waals surface area contributed by atoms with Gasteiger partial charge in [-0.3, -0.25) is 10.2 Å². The molecule has 4 N–H and O–H groups in total. The van der Waals surface area contributed by atoms with Crippen molar-refractivity contribution >= 4 is 5.82 Å².